The third-order valence-electron chi connectivity index (χ3n) is 2.48. The predicted molar refractivity (Wildman–Crippen MR) is 63.5 cm³/mol. The number of rotatable bonds is 0. The van der Waals surface area contributed by atoms with Crippen LogP contribution in [-0.4, -0.2) is 4.98 Å². The van der Waals surface area contributed by atoms with E-state index in [1.807, 2.05) is 0 Å². The lowest BCUT2D eigenvalue weighted by Gasteiger charge is -2.08. The highest BCUT2D eigenvalue weighted by atomic mass is 35.5. The molecular weight excluding hydrogens is 219 g/mol. The third-order valence-corrected chi connectivity index (χ3v) is 2.48. The Labute approximate surface area is 97.3 Å². The fourth-order valence-electron chi connectivity index (χ4n) is 2.00. The number of aromatic nitrogens is 1. The van der Waals surface area contributed by atoms with Crippen molar-refractivity contribution in [1.82, 2.24) is 10.3 Å². The predicted octanol–water partition coefficient (Wildman–Crippen LogP) is 2.71. The first-order valence-electron chi connectivity index (χ1n) is 4.39. The Balaban J connectivity index is 0.000000845. The number of nitrogens with zero attached hydrogens (tertiary/aromatic N) is 1. The fraction of sp³-hybridized carbons (Fsp3) is 0.500. The molecule has 80 valence electrons. The number of halogens is 2. The maximum Gasteiger partial charge on any atom is 0.0595 e. The van der Waals surface area contributed by atoms with Gasteiger partial charge in [0.2, 0.25) is 0 Å². The van der Waals surface area contributed by atoms with E-state index in [2.05, 4.69) is 37.1 Å². The van der Waals surface area contributed by atoms with Gasteiger partial charge in [-0.1, -0.05) is 0 Å². The van der Waals surface area contributed by atoms with E-state index in [1.54, 1.807) is 0 Å². The van der Waals surface area contributed by atoms with Gasteiger partial charge in [-0.3, -0.25) is 4.98 Å². The van der Waals surface area contributed by atoms with E-state index in [9.17, 15) is 0 Å². The molecule has 0 bridgehead atoms. The maximum atomic E-state index is 4.50. The van der Waals surface area contributed by atoms with Crippen LogP contribution in [0.25, 0.3) is 0 Å². The van der Waals surface area contributed by atoms with Crippen LogP contribution in [0.2, 0.25) is 0 Å². The highest BCUT2D eigenvalue weighted by Gasteiger charge is 2.20. The van der Waals surface area contributed by atoms with E-state index in [4.69, 9.17) is 0 Å². The molecule has 2 rings (SSSR count). The molecule has 1 aliphatic heterocycles. The van der Waals surface area contributed by atoms with Crippen LogP contribution in [0.1, 0.15) is 35.5 Å². The number of hydrogen-bond acceptors (Lipinski definition) is 2. The average molecular weight is 235 g/mol. The van der Waals surface area contributed by atoms with Gasteiger partial charge in [0, 0.05) is 18.3 Å². The number of hydrogen-bond donors (Lipinski definition) is 1. The molecular formula is C10H16Cl2N2. The van der Waals surface area contributed by atoms with Gasteiger partial charge in [0.25, 0.3) is 0 Å². The Morgan fingerprint density at radius 3 is 2.64 bits per heavy atom. The van der Waals surface area contributed by atoms with E-state index in [-0.39, 0.29) is 24.8 Å². The molecule has 1 aromatic heterocycles. The molecule has 0 aliphatic carbocycles. The van der Waals surface area contributed by atoms with Gasteiger partial charge < -0.3 is 5.32 Å². The van der Waals surface area contributed by atoms with Crippen molar-refractivity contribution in [3.05, 3.63) is 28.6 Å². The molecule has 2 heterocycles. The number of nitrogens with one attached hydrogen (secondary N) is 1. The van der Waals surface area contributed by atoms with E-state index in [1.165, 1.54) is 16.8 Å². The van der Waals surface area contributed by atoms with Crippen LogP contribution in [0.5, 0.6) is 0 Å². The lowest BCUT2D eigenvalue weighted by molar-refractivity contribution is 0.630. The molecule has 1 N–H and O–H groups in total. The monoisotopic (exact) mass is 234 g/mol. The van der Waals surface area contributed by atoms with Crippen LogP contribution in [0.3, 0.4) is 0 Å². The summed E-state index contributed by atoms with van der Waals surface area (Å²) in [5, 5.41) is 3.39. The summed E-state index contributed by atoms with van der Waals surface area (Å²) in [5.74, 6) is 0. The van der Waals surface area contributed by atoms with Gasteiger partial charge in [-0.15, -0.1) is 24.8 Å². The summed E-state index contributed by atoms with van der Waals surface area (Å²) < 4.78 is 0. The molecule has 0 saturated carbocycles. The van der Waals surface area contributed by atoms with Gasteiger partial charge in [0.05, 0.1) is 5.69 Å². The lowest BCUT2D eigenvalue weighted by Crippen LogP contribution is -2.07. The van der Waals surface area contributed by atoms with Crippen molar-refractivity contribution in [3.8, 4) is 0 Å². The van der Waals surface area contributed by atoms with Crippen molar-refractivity contribution in [2.75, 3.05) is 0 Å². The molecule has 1 unspecified atom stereocenters. The molecule has 0 amide bonds. The summed E-state index contributed by atoms with van der Waals surface area (Å²) in [6.07, 6.45) is 0. The molecule has 0 radical (unpaired) electrons. The molecule has 0 aromatic carbocycles. The number of fused-ring (bicyclic) bond motifs is 1. The van der Waals surface area contributed by atoms with Crippen molar-refractivity contribution in [3.63, 3.8) is 0 Å². The summed E-state index contributed by atoms with van der Waals surface area (Å²) in [6.45, 7) is 7.34. The normalized spacial score (nSPS) is 18.1. The summed E-state index contributed by atoms with van der Waals surface area (Å²) in [4.78, 5) is 4.50. The van der Waals surface area contributed by atoms with E-state index in [0.717, 1.165) is 12.2 Å². The van der Waals surface area contributed by atoms with Gasteiger partial charge in [-0.25, -0.2) is 0 Å². The second-order valence-electron chi connectivity index (χ2n) is 3.54. The molecule has 14 heavy (non-hydrogen) atoms. The smallest absolute Gasteiger partial charge is 0.0595 e. The second-order valence-corrected chi connectivity index (χ2v) is 3.54. The van der Waals surface area contributed by atoms with Crippen LogP contribution in [0, 0.1) is 13.8 Å². The van der Waals surface area contributed by atoms with Crippen LogP contribution in [0.15, 0.2) is 6.07 Å². The zero-order chi connectivity index (χ0) is 8.72. The zero-order valence-corrected chi connectivity index (χ0v) is 10.3. The van der Waals surface area contributed by atoms with Crippen LogP contribution in [0.4, 0.5) is 0 Å². The largest absolute Gasteiger partial charge is 0.304 e. The Hall–Kier alpha value is -0.310. The zero-order valence-electron chi connectivity index (χ0n) is 8.63. The van der Waals surface area contributed by atoms with E-state index >= 15 is 0 Å². The molecule has 1 aromatic rings. The maximum absolute atomic E-state index is 4.50. The minimum Gasteiger partial charge on any atom is -0.304 e. The second kappa shape index (κ2) is 4.96. The first kappa shape index (κ1) is 13.7. The summed E-state index contributed by atoms with van der Waals surface area (Å²) in [7, 11) is 0. The minimum atomic E-state index is 0. The first-order chi connectivity index (χ1) is 5.68. The highest BCUT2D eigenvalue weighted by molar-refractivity contribution is 5.85. The molecule has 0 saturated heterocycles. The summed E-state index contributed by atoms with van der Waals surface area (Å²) in [5.41, 5.74) is 5.14. The number of aryl methyl sites for hydroxylation is 2. The van der Waals surface area contributed by atoms with Crippen LogP contribution in [-0.2, 0) is 6.54 Å². The van der Waals surface area contributed by atoms with Gasteiger partial charge in [-0.05, 0) is 38.0 Å². The highest BCUT2D eigenvalue weighted by Crippen LogP contribution is 2.26. The quantitative estimate of drug-likeness (QED) is 0.747. The van der Waals surface area contributed by atoms with Crippen LogP contribution >= 0.6 is 24.8 Å². The third kappa shape index (κ3) is 2.19. The first-order valence-corrected chi connectivity index (χ1v) is 4.39. The van der Waals surface area contributed by atoms with Gasteiger partial charge in [-0.2, -0.15) is 0 Å². The lowest BCUT2D eigenvalue weighted by atomic mass is 10.0. The van der Waals surface area contributed by atoms with E-state index in [0.29, 0.717) is 6.04 Å². The van der Waals surface area contributed by atoms with Gasteiger partial charge in [0.1, 0.15) is 0 Å². The van der Waals surface area contributed by atoms with Gasteiger partial charge >= 0.3 is 0 Å². The summed E-state index contributed by atoms with van der Waals surface area (Å²) in [6, 6.07) is 2.63. The standard InChI is InChI=1S/C10H14N2.2ClH/c1-6-4-7(2)12-9-5-11-8(3)10(6)9;;/h4,8,11H,5H2,1-3H3;2*1H. The molecule has 0 spiro atoms. The Morgan fingerprint density at radius 2 is 2.00 bits per heavy atom. The Morgan fingerprint density at radius 1 is 1.36 bits per heavy atom. The number of pyridine rings is 1. The molecule has 2 nitrogen and oxygen atoms in total. The Bertz CT molecular complexity index is 326. The summed E-state index contributed by atoms with van der Waals surface area (Å²) >= 11 is 0. The van der Waals surface area contributed by atoms with Crippen molar-refractivity contribution in [2.24, 2.45) is 0 Å². The minimum absolute atomic E-state index is 0. The average Bonchev–Trinajstić information content (AvgIpc) is 2.31. The van der Waals surface area contributed by atoms with Crippen LogP contribution < -0.4 is 5.32 Å². The van der Waals surface area contributed by atoms with Gasteiger partial charge in [0.15, 0.2) is 0 Å². The molecule has 1 aliphatic rings. The molecule has 0 fully saturated rings. The topological polar surface area (TPSA) is 24.9 Å². The molecule has 4 heteroatoms. The molecule has 1 atom stereocenters. The fourth-order valence-corrected chi connectivity index (χ4v) is 2.00. The van der Waals surface area contributed by atoms with Crippen molar-refractivity contribution in [2.45, 2.75) is 33.4 Å². The Kier molecular flexibility index (Phi) is 4.85. The SMILES string of the molecule is Cc1cc(C)c2c(n1)CNC2C.Cl.Cl. The van der Waals surface area contributed by atoms with Crippen molar-refractivity contribution >= 4 is 24.8 Å². The van der Waals surface area contributed by atoms with Crippen molar-refractivity contribution in [1.29, 1.82) is 0 Å². The van der Waals surface area contributed by atoms with Crippen molar-refractivity contribution < 1.29 is 0 Å². The van der Waals surface area contributed by atoms with E-state index < -0.39 is 0 Å².